The van der Waals surface area contributed by atoms with Crippen LogP contribution in [0.15, 0.2) is 0 Å². The molecule has 0 aromatic carbocycles. The molecule has 0 aliphatic carbocycles. The Morgan fingerprint density at radius 2 is 2.20 bits per heavy atom. The van der Waals surface area contributed by atoms with E-state index in [0.29, 0.717) is 19.1 Å². The minimum atomic E-state index is -0.687. The third-order valence-electron chi connectivity index (χ3n) is 2.67. The van der Waals surface area contributed by atoms with Gasteiger partial charge < -0.3 is 15.5 Å². The van der Waals surface area contributed by atoms with Gasteiger partial charge in [0.05, 0.1) is 12.2 Å². The zero-order valence-electron chi connectivity index (χ0n) is 9.87. The average molecular weight is 216 g/mol. The molecule has 4 heteroatoms. The van der Waals surface area contributed by atoms with Crippen LogP contribution < -0.4 is 5.32 Å². The van der Waals surface area contributed by atoms with E-state index in [1.807, 2.05) is 0 Å². The van der Waals surface area contributed by atoms with E-state index in [1.54, 1.807) is 13.8 Å². The molecule has 15 heavy (non-hydrogen) atoms. The first-order chi connectivity index (χ1) is 7.01. The molecule has 1 atom stereocenters. The first-order valence-electron chi connectivity index (χ1n) is 5.80. The standard InChI is InChI=1S/C11H24N2O2/c1-11(2,15)9-13(6-7-14)8-10-4-3-5-12-10/h10,12,14-15H,3-9H2,1-2H3. The number of aliphatic hydroxyl groups excluding tert-OH is 1. The van der Waals surface area contributed by atoms with E-state index >= 15 is 0 Å². The maximum Gasteiger partial charge on any atom is 0.0718 e. The molecule has 1 saturated heterocycles. The fourth-order valence-electron chi connectivity index (χ4n) is 2.15. The Morgan fingerprint density at radius 1 is 1.47 bits per heavy atom. The molecule has 90 valence electrons. The fraction of sp³-hybridized carbons (Fsp3) is 1.00. The molecule has 0 bridgehead atoms. The predicted molar refractivity (Wildman–Crippen MR) is 60.8 cm³/mol. The smallest absolute Gasteiger partial charge is 0.0718 e. The second kappa shape index (κ2) is 5.80. The lowest BCUT2D eigenvalue weighted by Gasteiger charge is -2.30. The van der Waals surface area contributed by atoms with Crippen molar-refractivity contribution in [3.8, 4) is 0 Å². The van der Waals surface area contributed by atoms with Crippen molar-refractivity contribution in [2.24, 2.45) is 0 Å². The molecule has 1 aliphatic heterocycles. The summed E-state index contributed by atoms with van der Waals surface area (Å²) in [4.78, 5) is 2.13. The maximum absolute atomic E-state index is 9.74. The molecule has 1 heterocycles. The Balaban J connectivity index is 2.35. The SMILES string of the molecule is CC(C)(O)CN(CCO)CC1CCCN1. The van der Waals surface area contributed by atoms with Crippen LogP contribution in [0.4, 0.5) is 0 Å². The van der Waals surface area contributed by atoms with Crippen molar-refractivity contribution in [2.45, 2.75) is 38.3 Å². The molecule has 4 nitrogen and oxygen atoms in total. The number of nitrogens with zero attached hydrogens (tertiary/aromatic N) is 1. The summed E-state index contributed by atoms with van der Waals surface area (Å²) in [5, 5.41) is 22.1. The van der Waals surface area contributed by atoms with Crippen LogP contribution >= 0.6 is 0 Å². The van der Waals surface area contributed by atoms with Crippen molar-refractivity contribution < 1.29 is 10.2 Å². The zero-order valence-corrected chi connectivity index (χ0v) is 9.87. The highest BCUT2D eigenvalue weighted by atomic mass is 16.3. The van der Waals surface area contributed by atoms with Crippen LogP contribution in [-0.4, -0.2) is 59.5 Å². The van der Waals surface area contributed by atoms with Crippen LogP contribution in [0.25, 0.3) is 0 Å². The molecule has 0 aromatic rings. The molecule has 1 rings (SSSR count). The Labute approximate surface area is 92.3 Å². The first kappa shape index (κ1) is 12.9. The van der Waals surface area contributed by atoms with Gasteiger partial charge in [-0.1, -0.05) is 0 Å². The number of aliphatic hydroxyl groups is 2. The summed E-state index contributed by atoms with van der Waals surface area (Å²) in [6.45, 7) is 7.04. The highest BCUT2D eigenvalue weighted by Gasteiger charge is 2.22. The fourth-order valence-corrected chi connectivity index (χ4v) is 2.15. The van der Waals surface area contributed by atoms with Gasteiger partial charge in [0.25, 0.3) is 0 Å². The van der Waals surface area contributed by atoms with Gasteiger partial charge in [-0.15, -0.1) is 0 Å². The Kier molecular flexibility index (Phi) is 4.99. The molecule has 0 amide bonds. The van der Waals surface area contributed by atoms with Crippen molar-refractivity contribution in [3.63, 3.8) is 0 Å². The summed E-state index contributed by atoms with van der Waals surface area (Å²) in [6, 6.07) is 0.527. The molecule has 1 unspecified atom stereocenters. The maximum atomic E-state index is 9.74. The average Bonchev–Trinajstić information content (AvgIpc) is 2.54. The molecule has 1 fully saturated rings. The molecular weight excluding hydrogens is 192 g/mol. The van der Waals surface area contributed by atoms with Gasteiger partial charge in [0, 0.05) is 25.7 Å². The first-order valence-corrected chi connectivity index (χ1v) is 5.80. The summed E-state index contributed by atoms with van der Waals surface area (Å²) < 4.78 is 0. The number of hydrogen-bond donors (Lipinski definition) is 3. The van der Waals surface area contributed by atoms with Crippen LogP contribution in [0.1, 0.15) is 26.7 Å². The normalized spacial score (nSPS) is 22.6. The lowest BCUT2D eigenvalue weighted by molar-refractivity contribution is 0.0284. The van der Waals surface area contributed by atoms with Gasteiger partial charge in [0.2, 0.25) is 0 Å². The zero-order chi connectivity index (χ0) is 11.3. The molecule has 0 radical (unpaired) electrons. The Morgan fingerprint density at radius 3 is 2.67 bits per heavy atom. The Bertz CT molecular complexity index is 174. The molecule has 0 aromatic heterocycles. The second-order valence-electron chi connectivity index (χ2n) is 5.06. The van der Waals surface area contributed by atoms with E-state index in [4.69, 9.17) is 5.11 Å². The van der Waals surface area contributed by atoms with E-state index in [1.165, 1.54) is 12.8 Å². The van der Waals surface area contributed by atoms with Crippen LogP contribution in [0.3, 0.4) is 0 Å². The monoisotopic (exact) mass is 216 g/mol. The van der Waals surface area contributed by atoms with E-state index in [-0.39, 0.29) is 6.61 Å². The molecule has 1 aliphatic rings. The van der Waals surface area contributed by atoms with Crippen molar-refractivity contribution in [1.82, 2.24) is 10.2 Å². The third-order valence-corrected chi connectivity index (χ3v) is 2.67. The highest BCUT2D eigenvalue weighted by Crippen LogP contribution is 2.10. The van der Waals surface area contributed by atoms with Gasteiger partial charge in [-0.2, -0.15) is 0 Å². The van der Waals surface area contributed by atoms with Crippen molar-refractivity contribution in [1.29, 1.82) is 0 Å². The van der Waals surface area contributed by atoms with Crippen LogP contribution in [0.5, 0.6) is 0 Å². The van der Waals surface area contributed by atoms with E-state index in [9.17, 15) is 5.11 Å². The molecular formula is C11H24N2O2. The molecule has 0 saturated carbocycles. The van der Waals surface area contributed by atoms with Crippen molar-refractivity contribution in [2.75, 3.05) is 32.8 Å². The summed E-state index contributed by atoms with van der Waals surface area (Å²) in [5.41, 5.74) is -0.687. The number of hydrogen-bond acceptors (Lipinski definition) is 4. The van der Waals surface area contributed by atoms with E-state index in [0.717, 1.165) is 13.1 Å². The quantitative estimate of drug-likeness (QED) is 0.576. The predicted octanol–water partition coefficient (Wildman–Crippen LogP) is -0.196. The van der Waals surface area contributed by atoms with Crippen molar-refractivity contribution >= 4 is 0 Å². The largest absolute Gasteiger partial charge is 0.395 e. The summed E-state index contributed by atoms with van der Waals surface area (Å²) >= 11 is 0. The van der Waals surface area contributed by atoms with Crippen LogP contribution in [-0.2, 0) is 0 Å². The lowest BCUT2D eigenvalue weighted by atomic mass is 10.1. The summed E-state index contributed by atoms with van der Waals surface area (Å²) in [5.74, 6) is 0. The minimum Gasteiger partial charge on any atom is -0.395 e. The number of nitrogens with one attached hydrogen (secondary N) is 1. The molecule has 3 N–H and O–H groups in total. The van der Waals surface area contributed by atoms with Gasteiger partial charge in [-0.25, -0.2) is 0 Å². The van der Waals surface area contributed by atoms with E-state index in [2.05, 4.69) is 10.2 Å². The number of rotatable bonds is 6. The highest BCUT2D eigenvalue weighted by molar-refractivity contribution is 4.80. The van der Waals surface area contributed by atoms with Crippen molar-refractivity contribution in [3.05, 3.63) is 0 Å². The second-order valence-corrected chi connectivity index (χ2v) is 5.06. The summed E-state index contributed by atoms with van der Waals surface area (Å²) in [6.07, 6.45) is 2.44. The van der Waals surface area contributed by atoms with Crippen LogP contribution in [0, 0.1) is 0 Å². The topological polar surface area (TPSA) is 55.7 Å². The lowest BCUT2D eigenvalue weighted by Crippen LogP contribution is -2.45. The van der Waals surface area contributed by atoms with E-state index < -0.39 is 5.60 Å². The van der Waals surface area contributed by atoms with Gasteiger partial charge >= 0.3 is 0 Å². The third kappa shape index (κ3) is 5.47. The van der Waals surface area contributed by atoms with Gasteiger partial charge in [0.15, 0.2) is 0 Å². The minimum absolute atomic E-state index is 0.156. The van der Waals surface area contributed by atoms with Gasteiger partial charge in [-0.3, -0.25) is 4.90 Å². The van der Waals surface area contributed by atoms with Crippen LogP contribution in [0.2, 0.25) is 0 Å². The van der Waals surface area contributed by atoms with Gasteiger partial charge in [-0.05, 0) is 33.2 Å². The van der Waals surface area contributed by atoms with Gasteiger partial charge in [0.1, 0.15) is 0 Å². The molecule has 0 spiro atoms. The summed E-state index contributed by atoms with van der Waals surface area (Å²) in [7, 11) is 0. The Hall–Kier alpha value is -0.160.